The third-order valence-electron chi connectivity index (χ3n) is 6.18. The largest absolute Gasteiger partial charge is 0.327 e. The summed E-state index contributed by atoms with van der Waals surface area (Å²) < 4.78 is 2.34. The summed E-state index contributed by atoms with van der Waals surface area (Å²) in [6.45, 7) is 7.95. The standard InChI is InChI=1S/C21H32N4/c1-2-25-20-10-6-5-9-19(20)23-21(25)15-22-18-11-13-24(14-12-18)16-17-7-3-4-8-17/h5-6,9-10,17-18,22H,2-4,7-8,11-16H2,1H3. The molecule has 2 aromatic rings. The van der Waals surface area contributed by atoms with Gasteiger partial charge in [-0.15, -0.1) is 0 Å². The summed E-state index contributed by atoms with van der Waals surface area (Å²) in [6, 6.07) is 9.12. The van der Waals surface area contributed by atoms with Crippen molar-refractivity contribution in [2.24, 2.45) is 5.92 Å². The summed E-state index contributed by atoms with van der Waals surface area (Å²) in [5.41, 5.74) is 2.38. The van der Waals surface area contributed by atoms with E-state index in [1.165, 1.54) is 69.5 Å². The van der Waals surface area contributed by atoms with Gasteiger partial charge in [0.25, 0.3) is 0 Å². The number of hydrogen-bond acceptors (Lipinski definition) is 3. The fourth-order valence-corrected chi connectivity index (χ4v) is 4.73. The molecule has 2 fully saturated rings. The molecule has 136 valence electrons. The first-order chi connectivity index (χ1) is 12.3. The Morgan fingerprint density at radius 3 is 2.60 bits per heavy atom. The molecule has 4 heteroatoms. The lowest BCUT2D eigenvalue weighted by atomic mass is 10.0. The molecule has 25 heavy (non-hydrogen) atoms. The van der Waals surface area contributed by atoms with Gasteiger partial charge in [0.1, 0.15) is 5.82 Å². The van der Waals surface area contributed by atoms with E-state index in [1.807, 2.05) is 0 Å². The summed E-state index contributed by atoms with van der Waals surface area (Å²) in [5, 5.41) is 3.78. The van der Waals surface area contributed by atoms with Gasteiger partial charge in [0, 0.05) is 19.1 Å². The predicted octanol–water partition coefficient (Wildman–Crippen LogP) is 3.80. The first-order valence-electron chi connectivity index (χ1n) is 10.2. The van der Waals surface area contributed by atoms with Crippen molar-refractivity contribution < 1.29 is 0 Å². The fraction of sp³-hybridized carbons (Fsp3) is 0.667. The van der Waals surface area contributed by atoms with Crippen LogP contribution in [0.5, 0.6) is 0 Å². The molecule has 0 atom stereocenters. The Labute approximate surface area is 151 Å². The Balaban J connectivity index is 1.29. The zero-order chi connectivity index (χ0) is 17.1. The second-order valence-corrected chi connectivity index (χ2v) is 7.87. The van der Waals surface area contributed by atoms with Gasteiger partial charge in [-0.25, -0.2) is 4.98 Å². The topological polar surface area (TPSA) is 33.1 Å². The Kier molecular flexibility index (Phi) is 5.37. The number of aromatic nitrogens is 2. The van der Waals surface area contributed by atoms with Crippen LogP contribution >= 0.6 is 0 Å². The number of fused-ring (bicyclic) bond motifs is 1. The number of para-hydroxylation sites is 2. The van der Waals surface area contributed by atoms with E-state index in [4.69, 9.17) is 4.98 Å². The van der Waals surface area contributed by atoms with Gasteiger partial charge in [0.2, 0.25) is 0 Å². The lowest BCUT2D eigenvalue weighted by Gasteiger charge is -2.34. The highest BCUT2D eigenvalue weighted by atomic mass is 15.2. The minimum absolute atomic E-state index is 0.643. The zero-order valence-corrected chi connectivity index (χ0v) is 15.6. The van der Waals surface area contributed by atoms with Crippen molar-refractivity contribution in [3.8, 4) is 0 Å². The highest BCUT2D eigenvalue weighted by Crippen LogP contribution is 2.26. The van der Waals surface area contributed by atoms with E-state index in [2.05, 4.69) is 46.0 Å². The maximum absolute atomic E-state index is 4.84. The molecule has 1 aliphatic carbocycles. The van der Waals surface area contributed by atoms with E-state index in [1.54, 1.807) is 0 Å². The molecule has 1 saturated heterocycles. The van der Waals surface area contributed by atoms with Crippen molar-refractivity contribution in [1.82, 2.24) is 19.8 Å². The lowest BCUT2D eigenvalue weighted by Crippen LogP contribution is -2.43. The highest BCUT2D eigenvalue weighted by molar-refractivity contribution is 5.75. The molecule has 2 heterocycles. The van der Waals surface area contributed by atoms with Crippen molar-refractivity contribution in [2.45, 2.75) is 64.6 Å². The van der Waals surface area contributed by atoms with Crippen LogP contribution in [0.1, 0.15) is 51.3 Å². The molecule has 1 aliphatic heterocycles. The van der Waals surface area contributed by atoms with E-state index < -0.39 is 0 Å². The second kappa shape index (κ2) is 7.88. The number of nitrogens with zero attached hydrogens (tertiary/aromatic N) is 3. The maximum atomic E-state index is 4.84. The lowest BCUT2D eigenvalue weighted by molar-refractivity contribution is 0.172. The molecule has 0 unspecified atom stereocenters. The van der Waals surface area contributed by atoms with Crippen LogP contribution < -0.4 is 5.32 Å². The zero-order valence-electron chi connectivity index (χ0n) is 15.6. The molecule has 4 nitrogen and oxygen atoms in total. The predicted molar refractivity (Wildman–Crippen MR) is 104 cm³/mol. The van der Waals surface area contributed by atoms with Crippen molar-refractivity contribution in [3.63, 3.8) is 0 Å². The Morgan fingerprint density at radius 2 is 1.84 bits per heavy atom. The molecule has 0 amide bonds. The van der Waals surface area contributed by atoms with Crippen molar-refractivity contribution >= 4 is 11.0 Å². The van der Waals surface area contributed by atoms with Crippen LogP contribution in [0.25, 0.3) is 11.0 Å². The fourth-order valence-electron chi connectivity index (χ4n) is 4.73. The summed E-state index contributed by atoms with van der Waals surface area (Å²) >= 11 is 0. The Morgan fingerprint density at radius 1 is 1.08 bits per heavy atom. The number of benzene rings is 1. The van der Waals surface area contributed by atoms with E-state index in [9.17, 15) is 0 Å². The van der Waals surface area contributed by atoms with Crippen LogP contribution in [0, 0.1) is 5.92 Å². The average Bonchev–Trinajstić information content (AvgIpc) is 3.28. The van der Waals surface area contributed by atoms with Gasteiger partial charge in [-0.1, -0.05) is 25.0 Å². The van der Waals surface area contributed by atoms with Crippen LogP contribution in [0.3, 0.4) is 0 Å². The molecular weight excluding hydrogens is 308 g/mol. The number of rotatable bonds is 6. The summed E-state index contributed by atoms with van der Waals surface area (Å²) in [6.07, 6.45) is 8.40. The van der Waals surface area contributed by atoms with E-state index in [-0.39, 0.29) is 0 Å². The van der Waals surface area contributed by atoms with E-state index >= 15 is 0 Å². The van der Waals surface area contributed by atoms with Gasteiger partial charge in [-0.05, 0) is 63.7 Å². The number of hydrogen-bond donors (Lipinski definition) is 1. The Hall–Kier alpha value is -1.39. The van der Waals surface area contributed by atoms with Gasteiger partial charge in [-0.3, -0.25) is 0 Å². The van der Waals surface area contributed by atoms with Crippen LogP contribution in [0.2, 0.25) is 0 Å². The highest BCUT2D eigenvalue weighted by Gasteiger charge is 2.23. The minimum Gasteiger partial charge on any atom is -0.327 e. The van der Waals surface area contributed by atoms with Crippen LogP contribution in [0.15, 0.2) is 24.3 Å². The van der Waals surface area contributed by atoms with Crippen molar-refractivity contribution in [1.29, 1.82) is 0 Å². The average molecular weight is 341 g/mol. The number of aryl methyl sites for hydroxylation is 1. The number of likely N-dealkylation sites (tertiary alicyclic amines) is 1. The third kappa shape index (κ3) is 3.90. The summed E-state index contributed by atoms with van der Waals surface area (Å²) in [7, 11) is 0. The van der Waals surface area contributed by atoms with Crippen LogP contribution in [-0.2, 0) is 13.1 Å². The first kappa shape index (κ1) is 17.0. The smallest absolute Gasteiger partial charge is 0.123 e. The maximum Gasteiger partial charge on any atom is 0.123 e. The molecule has 1 N–H and O–H groups in total. The Bertz CT molecular complexity index is 678. The molecule has 0 radical (unpaired) electrons. The SMILES string of the molecule is CCn1c(CNC2CCN(CC3CCCC3)CC2)nc2ccccc21. The molecule has 1 saturated carbocycles. The minimum atomic E-state index is 0.643. The third-order valence-corrected chi connectivity index (χ3v) is 6.18. The monoisotopic (exact) mass is 340 g/mol. The molecule has 4 rings (SSSR count). The molecule has 0 bridgehead atoms. The number of nitrogens with one attached hydrogen (secondary N) is 1. The number of piperidine rings is 1. The van der Waals surface area contributed by atoms with Crippen LogP contribution in [-0.4, -0.2) is 40.1 Å². The van der Waals surface area contributed by atoms with E-state index in [0.717, 1.165) is 24.5 Å². The number of imidazole rings is 1. The normalized spacial score (nSPS) is 20.7. The van der Waals surface area contributed by atoms with Crippen LogP contribution in [0.4, 0.5) is 0 Å². The molecular formula is C21H32N4. The van der Waals surface area contributed by atoms with Gasteiger partial charge >= 0.3 is 0 Å². The molecule has 0 spiro atoms. The second-order valence-electron chi connectivity index (χ2n) is 7.87. The van der Waals surface area contributed by atoms with Gasteiger partial charge < -0.3 is 14.8 Å². The first-order valence-corrected chi connectivity index (χ1v) is 10.2. The molecule has 1 aromatic carbocycles. The molecule has 1 aromatic heterocycles. The summed E-state index contributed by atoms with van der Waals surface area (Å²) in [5.74, 6) is 2.16. The van der Waals surface area contributed by atoms with Crippen molar-refractivity contribution in [2.75, 3.05) is 19.6 Å². The van der Waals surface area contributed by atoms with Gasteiger partial charge in [0.15, 0.2) is 0 Å². The summed E-state index contributed by atoms with van der Waals surface area (Å²) in [4.78, 5) is 7.55. The van der Waals surface area contributed by atoms with E-state index in [0.29, 0.717) is 6.04 Å². The van der Waals surface area contributed by atoms with Crippen molar-refractivity contribution in [3.05, 3.63) is 30.1 Å². The van der Waals surface area contributed by atoms with Gasteiger partial charge in [0.05, 0.1) is 17.6 Å². The molecule has 2 aliphatic rings. The van der Waals surface area contributed by atoms with Gasteiger partial charge in [-0.2, -0.15) is 0 Å². The quantitative estimate of drug-likeness (QED) is 0.868.